The summed E-state index contributed by atoms with van der Waals surface area (Å²) in [6.07, 6.45) is 3.64. The number of rotatable bonds is 18. The summed E-state index contributed by atoms with van der Waals surface area (Å²) in [6.45, 7) is 10.3. The van der Waals surface area contributed by atoms with Gasteiger partial charge < -0.3 is 10.6 Å². The number of amides is 1. The Balaban J connectivity index is 1.93. The van der Waals surface area contributed by atoms with Crippen LogP contribution >= 0.6 is 11.6 Å². The molecule has 2 N–H and O–H groups in total. The van der Waals surface area contributed by atoms with E-state index in [4.69, 9.17) is 11.6 Å². The molecule has 0 bridgehead atoms. The monoisotopic (exact) mass is 653 g/mol. The van der Waals surface area contributed by atoms with E-state index in [-0.39, 0.29) is 36.1 Å². The van der Waals surface area contributed by atoms with E-state index in [1.165, 1.54) is 4.31 Å². The van der Waals surface area contributed by atoms with Crippen molar-refractivity contribution >= 4 is 39.0 Å². The van der Waals surface area contributed by atoms with Gasteiger partial charge in [-0.15, -0.1) is 0 Å². The Morgan fingerprint density at radius 1 is 0.911 bits per heavy atom. The van der Waals surface area contributed by atoms with E-state index in [0.717, 1.165) is 24.0 Å². The first-order valence-corrected chi connectivity index (χ1v) is 18.0. The highest BCUT2D eigenvalue weighted by Crippen LogP contribution is 2.30. The van der Waals surface area contributed by atoms with Crippen LogP contribution in [0, 0.1) is 5.92 Å². The summed E-state index contributed by atoms with van der Waals surface area (Å²) in [4.78, 5) is 26.9. The third kappa shape index (κ3) is 11.0. The minimum absolute atomic E-state index is 0.0661. The molecule has 3 rings (SSSR count). The molecule has 0 aliphatic rings. The Labute approximate surface area is 274 Å². The summed E-state index contributed by atoms with van der Waals surface area (Å²) in [5, 5.41) is 7.14. The Bertz CT molecular complexity index is 1510. The van der Waals surface area contributed by atoms with Crippen LogP contribution in [0.25, 0.3) is 11.1 Å². The van der Waals surface area contributed by atoms with Crippen molar-refractivity contribution in [3.8, 4) is 11.1 Å². The van der Waals surface area contributed by atoms with E-state index in [0.29, 0.717) is 53.6 Å². The number of hydrogen-bond donors (Lipinski definition) is 2. The molecule has 0 aliphatic carbocycles. The lowest BCUT2D eigenvalue weighted by molar-refractivity contribution is -0.121. The zero-order chi connectivity index (χ0) is 33.0. The SMILES string of the molecule is CC[C@H](NC[C@H](Cc1ccccc1)NC(=O)c1cc(-c2cccc(Cl)c2)cc(N(CC)S(=O)(=O)CC)c1)C(=O)CCCC(C)C. The van der Waals surface area contributed by atoms with Crippen molar-refractivity contribution in [1.29, 1.82) is 0 Å². The summed E-state index contributed by atoms with van der Waals surface area (Å²) in [5.74, 6) is 0.354. The standard InChI is InChI=1S/C36H48ClN3O4S/c1-6-34(35(41)19-12-14-26(4)5)38-25-32(20-27-15-10-9-11-16-27)39-36(42)30-21-29(28-17-13-18-31(37)22-28)23-33(24-30)40(7-2)45(43,44)8-3/h9-11,13,15-18,21-24,26,32,34,38H,6-8,12,14,19-20,25H2,1-5H3,(H,39,42)/t32-,34-/m0/s1. The van der Waals surface area contributed by atoms with Crippen molar-refractivity contribution in [2.75, 3.05) is 23.1 Å². The van der Waals surface area contributed by atoms with Gasteiger partial charge in [0.2, 0.25) is 10.0 Å². The fraction of sp³-hybridized carbons (Fsp3) is 0.444. The largest absolute Gasteiger partial charge is 0.348 e. The third-order valence-corrected chi connectivity index (χ3v) is 9.99. The van der Waals surface area contributed by atoms with Crippen LogP contribution in [0.3, 0.4) is 0 Å². The lowest BCUT2D eigenvalue weighted by Crippen LogP contribution is -2.48. The number of carbonyl (C=O) groups is 2. The molecule has 0 fully saturated rings. The minimum atomic E-state index is -3.58. The highest BCUT2D eigenvalue weighted by atomic mass is 35.5. The van der Waals surface area contributed by atoms with Gasteiger partial charge in [0, 0.05) is 36.1 Å². The molecule has 2 atom stereocenters. The molecule has 0 spiro atoms. The summed E-state index contributed by atoms with van der Waals surface area (Å²) >= 11 is 6.29. The topological polar surface area (TPSA) is 95.6 Å². The maximum absolute atomic E-state index is 13.9. The molecule has 45 heavy (non-hydrogen) atoms. The second kappa shape index (κ2) is 17.5. The zero-order valence-corrected chi connectivity index (χ0v) is 28.8. The van der Waals surface area contributed by atoms with Gasteiger partial charge in [0.15, 0.2) is 0 Å². The number of sulfonamides is 1. The van der Waals surface area contributed by atoms with Crippen LogP contribution < -0.4 is 14.9 Å². The molecule has 3 aromatic rings. The molecule has 0 saturated heterocycles. The van der Waals surface area contributed by atoms with Crippen molar-refractivity contribution in [2.45, 2.75) is 78.8 Å². The molecule has 0 aromatic heterocycles. The Morgan fingerprint density at radius 2 is 1.64 bits per heavy atom. The number of nitrogens with zero attached hydrogens (tertiary/aromatic N) is 1. The molecule has 0 heterocycles. The van der Waals surface area contributed by atoms with Crippen molar-refractivity contribution in [3.05, 3.63) is 88.9 Å². The van der Waals surface area contributed by atoms with Gasteiger partial charge in [-0.25, -0.2) is 8.42 Å². The van der Waals surface area contributed by atoms with Crippen LogP contribution in [0.2, 0.25) is 5.02 Å². The fourth-order valence-electron chi connectivity index (χ4n) is 5.39. The lowest BCUT2D eigenvalue weighted by atomic mass is 9.99. The molecule has 0 unspecified atom stereocenters. The molecular weight excluding hydrogens is 606 g/mol. The van der Waals surface area contributed by atoms with E-state index in [1.54, 1.807) is 44.2 Å². The summed E-state index contributed by atoms with van der Waals surface area (Å²) in [7, 11) is -3.58. The molecule has 0 radical (unpaired) electrons. The Morgan fingerprint density at radius 3 is 2.27 bits per heavy atom. The van der Waals surface area contributed by atoms with Gasteiger partial charge >= 0.3 is 0 Å². The van der Waals surface area contributed by atoms with Gasteiger partial charge in [-0.05, 0) is 86.1 Å². The molecular formula is C36H48ClN3O4S. The van der Waals surface area contributed by atoms with Crippen LogP contribution in [0.15, 0.2) is 72.8 Å². The number of Topliss-reactive ketones (excluding diaryl/α,β-unsaturated/α-hetero) is 1. The van der Waals surface area contributed by atoms with Crippen LogP contribution in [0.5, 0.6) is 0 Å². The van der Waals surface area contributed by atoms with Crippen molar-refractivity contribution in [2.24, 2.45) is 5.92 Å². The average Bonchev–Trinajstić information content (AvgIpc) is 3.01. The minimum Gasteiger partial charge on any atom is -0.348 e. The summed E-state index contributed by atoms with van der Waals surface area (Å²) in [6, 6.07) is 21.7. The second-order valence-corrected chi connectivity index (χ2v) is 14.4. The molecule has 9 heteroatoms. The van der Waals surface area contributed by atoms with E-state index in [1.807, 2.05) is 49.4 Å². The number of benzene rings is 3. The predicted molar refractivity (Wildman–Crippen MR) is 187 cm³/mol. The second-order valence-electron chi connectivity index (χ2n) is 11.8. The summed E-state index contributed by atoms with van der Waals surface area (Å²) in [5.41, 5.74) is 3.26. The van der Waals surface area contributed by atoms with Gasteiger partial charge in [0.25, 0.3) is 5.91 Å². The number of nitrogens with one attached hydrogen (secondary N) is 2. The normalized spacial score (nSPS) is 13.0. The molecule has 7 nitrogen and oxygen atoms in total. The molecule has 244 valence electrons. The van der Waals surface area contributed by atoms with Crippen LogP contribution in [0.4, 0.5) is 5.69 Å². The maximum atomic E-state index is 13.9. The first-order chi connectivity index (χ1) is 21.5. The number of hydrogen-bond acceptors (Lipinski definition) is 5. The average molecular weight is 654 g/mol. The number of anilines is 1. The first-order valence-electron chi connectivity index (χ1n) is 16.0. The van der Waals surface area contributed by atoms with E-state index >= 15 is 0 Å². The van der Waals surface area contributed by atoms with Crippen molar-refractivity contribution < 1.29 is 18.0 Å². The van der Waals surface area contributed by atoms with E-state index in [2.05, 4.69) is 24.5 Å². The molecule has 0 saturated carbocycles. The summed E-state index contributed by atoms with van der Waals surface area (Å²) < 4.78 is 27.3. The molecule has 3 aromatic carbocycles. The molecule has 1 amide bonds. The smallest absolute Gasteiger partial charge is 0.251 e. The van der Waals surface area contributed by atoms with Crippen molar-refractivity contribution in [1.82, 2.24) is 10.6 Å². The van der Waals surface area contributed by atoms with Gasteiger partial charge in [0.1, 0.15) is 5.78 Å². The van der Waals surface area contributed by atoms with Gasteiger partial charge in [-0.3, -0.25) is 13.9 Å². The van der Waals surface area contributed by atoms with Gasteiger partial charge in [0.05, 0.1) is 17.5 Å². The Hall–Kier alpha value is -3.20. The maximum Gasteiger partial charge on any atom is 0.251 e. The number of carbonyl (C=O) groups excluding carboxylic acids is 2. The number of halogens is 1. The molecule has 0 aliphatic heterocycles. The fourth-order valence-corrected chi connectivity index (χ4v) is 6.71. The number of ketones is 1. The highest BCUT2D eigenvalue weighted by Gasteiger charge is 2.24. The van der Waals surface area contributed by atoms with E-state index < -0.39 is 10.0 Å². The third-order valence-electron chi connectivity index (χ3n) is 7.89. The van der Waals surface area contributed by atoms with Crippen LogP contribution in [0.1, 0.15) is 76.2 Å². The highest BCUT2D eigenvalue weighted by molar-refractivity contribution is 7.92. The van der Waals surface area contributed by atoms with E-state index in [9.17, 15) is 18.0 Å². The van der Waals surface area contributed by atoms with Crippen LogP contribution in [-0.4, -0.2) is 51.0 Å². The predicted octanol–water partition coefficient (Wildman–Crippen LogP) is 7.29. The van der Waals surface area contributed by atoms with Crippen molar-refractivity contribution in [3.63, 3.8) is 0 Å². The van der Waals surface area contributed by atoms with Crippen LogP contribution in [-0.2, 0) is 21.2 Å². The lowest BCUT2D eigenvalue weighted by Gasteiger charge is -2.25. The van der Waals surface area contributed by atoms with Gasteiger partial charge in [-0.1, -0.05) is 81.3 Å². The quantitative estimate of drug-likeness (QED) is 0.150. The first kappa shape index (κ1) is 36.3. The Kier molecular flexibility index (Phi) is 14.1. The van der Waals surface area contributed by atoms with Gasteiger partial charge in [-0.2, -0.15) is 0 Å². The zero-order valence-electron chi connectivity index (χ0n) is 27.2.